The third kappa shape index (κ3) is 2.10. The molecule has 0 saturated heterocycles. The van der Waals surface area contributed by atoms with Gasteiger partial charge in [-0.25, -0.2) is 0 Å². The van der Waals surface area contributed by atoms with Crippen molar-refractivity contribution >= 4 is 0 Å². The Kier molecular flexibility index (Phi) is 3.08. The average molecular weight is 314 g/mol. The van der Waals surface area contributed by atoms with E-state index in [1.54, 1.807) is 0 Å². The molecule has 0 spiro atoms. The van der Waals surface area contributed by atoms with Gasteiger partial charge in [0, 0.05) is 11.5 Å². The van der Waals surface area contributed by atoms with Crippen LogP contribution < -0.4 is 9.47 Å². The van der Waals surface area contributed by atoms with Crippen molar-refractivity contribution in [3.63, 3.8) is 0 Å². The van der Waals surface area contributed by atoms with Crippen LogP contribution in [-0.4, -0.2) is 0 Å². The van der Waals surface area contributed by atoms with Crippen molar-refractivity contribution in [3.05, 3.63) is 95.6 Å². The third-order valence-electron chi connectivity index (χ3n) is 5.07. The maximum atomic E-state index is 6.43. The van der Waals surface area contributed by atoms with Gasteiger partial charge < -0.3 is 9.47 Å². The number of ether oxygens (including phenoxy) is 2. The van der Waals surface area contributed by atoms with Gasteiger partial charge in [-0.2, -0.15) is 0 Å². The van der Waals surface area contributed by atoms with Crippen LogP contribution in [0.2, 0.25) is 0 Å². The molecule has 2 heteroatoms. The zero-order valence-electron chi connectivity index (χ0n) is 13.3. The van der Waals surface area contributed by atoms with Gasteiger partial charge in [0.25, 0.3) is 0 Å². The molecule has 2 aliphatic rings. The van der Waals surface area contributed by atoms with E-state index in [2.05, 4.69) is 54.6 Å². The average Bonchev–Trinajstić information content (AvgIpc) is 2.66. The fourth-order valence-electron chi connectivity index (χ4n) is 3.94. The molecule has 24 heavy (non-hydrogen) atoms. The molecule has 3 aromatic carbocycles. The molecule has 5 rings (SSSR count). The minimum Gasteiger partial charge on any atom is -0.485 e. The van der Waals surface area contributed by atoms with Crippen LogP contribution in [-0.2, 0) is 6.42 Å². The second kappa shape index (κ2) is 5.41. The molecular weight excluding hydrogens is 296 g/mol. The molecule has 0 saturated carbocycles. The highest BCUT2D eigenvalue weighted by atomic mass is 16.5. The van der Waals surface area contributed by atoms with E-state index in [-0.39, 0.29) is 18.1 Å². The highest BCUT2D eigenvalue weighted by Gasteiger charge is 2.43. The first-order valence-electron chi connectivity index (χ1n) is 8.45. The van der Waals surface area contributed by atoms with E-state index < -0.39 is 0 Å². The normalized spacial score (nSPS) is 23.9. The largest absolute Gasteiger partial charge is 0.485 e. The van der Waals surface area contributed by atoms with E-state index in [4.69, 9.17) is 9.47 Å². The number of fused-ring (bicyclic) bond motifs is 4. The van der Waals surface area contributed by atoms with Crippen molar-refractivity contribution in [2.45, 2.75) is 18.6 Å². The van der Waals surface area contributed by atoms with Gasteiger partial charge in [0.05, 0.1) is 0 Å². The molecule has 118 valence electrons. The molecule has 0 fully saturated rings. The van der Waals surface area contributed by atoms with E-state index in [9.17, 15) is 0 Å². The summed E-state index contributed by atoms with van der Waals surface area (Å²) in [6.45, 7) is 0. The highest BCUT2D eigenvalue weighted by Crippen LogP contribution is 2.51. The lowest BCUT2D eigenvalue weighted by Gasteiger charge is -2.42. The zero-order chi connectivity index (χ0) is 15.9. The van der Waals surface area contributed by atoms with Crippen molar-refractivity contribution in [1.29, 1.82) is 0 Å². The minimum absolute atomic E-state index is 0.0134. The van der Waals surface area contributed by atoms with Crippen LogP contribution in [0.3, 0.4) is 0 Å². The molecule has 0 aliphatic carbocycles. The Hall–Kier alpha value is -2.74. The van der Waals surface area contributed by atoms with Crippen LogP contribution in [0.1, 0.15) is 28.9 Å². The summed E-state index contributed by atoms with van der Waals surface area (Å²) in [5.74, 6) is 2.21. The lowest BCUT2D eigenvalue weighted by molar-refractivity contribution is 0.000386. The minimum atomic E-state index is 0.0134. The molecule has 0 amide bonds. The summed E-state index contributed by atoms with van der Waals surface area (Å²) >= 11 is 0. The molecule has 0 radical (unpaired) electrons. The molecule has 2 nitrogen and oxygen atoms in total. The Labute approximate surface area is 141 Å². The quantitative estimate of drug-likeness (QED) is 0.621. The monoisotopic (exact) mass is 314 g/mol. The van der Waals surface area contributed by atoms with E-state index in [0.717, 1.165) is 23.5 Å². The van der Waals surface area contributed by atoms with Gasteiger partial charge in [0.1, 0.15) is 23.7 Å². The molecule has 2 heterocycles. The first kappa shape index (κ1) is 13.7. The summed E-state index contributed by atoms with van der Waals surface area (Å²) in [4.78, 5) is 0. The molecule has 2 aliphatic heterocycles. The van der Waals surface area contributed by atoms with Crippen molar-refractivity contribution in [1.82, 2.24) is 0 Å². The van der Waals surface area contributed by atoms with Crippen molar-refractivity contribution in [2.75, 3.05) is 0 Å². The van der Waals surface area contributed by atoms with Gasteiger partial charge in [-0.3, -0.25) is 0 Å². The SMILES string of the molecule is c1ccc([C@H]2Oc3ccccc3[C@@H]3Oc4ccccc4C[C@H]23)cc1. The van der Waals surface area contributed by atoms with E-state index in [1.807, 2.05) is 24.3 Å². The fourth-order valence-corrected chi connectivity index (χ4v) is 3.94. The number of benzene rings is 3. The van der Waals surface area contributed by atoms with Gasteiger partial charge in [-0.1, -0.05) is 66.7 Å². The van der Waals surface area contributed by atoms with Gasteiger partial charge in [0.15, 0.2) is 0 Å². The lowest BCUT2D eigenvalue weighted by atomic mass is 9.79. The molecule has 3 atom stereocenters. The number of hydrogen-bond donors (Lipinski definition) is 0. The summed E-state index contributed by atoms with van der Waals surface area (Å²) < 4.78 is 12.9. The number of rotatable bonds is 1. The molecule has 3 aromatic rings. The summed E-state index contributed by atoms with van der Waals surface area (Å²) in [7, 11) is 0. The summed E-state index contributed by atoms with van der Waals surface area (Å²) in [6.07, 6.45) is 1.02. The topological polar surface area (TPSA) is 18.5 Å². The molecule has 0 aromatic heterocycles. The summed E-state index contributed by atoms with van der Waals surface area (Å²) in [5, 5.41) is 0. The van der Waals surface area contributed by atoms with E-state index >= 15 is 0 Å². The smallest absolute Gasteiger partial charge is 0.134 e. The predicted octanol–water partition coefficient (Wildman–Crippen LogP) is 5.11. The van der Waals surface area contributed by atoms with Crippen LogP contribution in [0.15, 0.2) is 78.9 Å². The number of para-hydroxylation sites is 2. The van der Waals surface area contributed by atoms with Gasteiger partial charge in [-0.15, -0.1) is 0 Å². The number of hydrogen-bond acceptors (Lipinski definition) is 2. The molecule has 0 unspecified atom stereocenters. The first-order valence-corrected chi connectivity index (χ1v) is 8.45. The summed E-state index contributed by atoms with van der Waals surface area (Å²) in [6, 6.07) is 27.1. The maximum absolute atomic E-state index is 6.43. The van der Waals surface area contributed by atoms with Crippen LogP contribution in [0, 0.1) is 5.92 Å². The van der Waals surface area contributed by atoms with Crippen LogP contribution in [0.4, 0.5) is 0 Å². The van der Waals surface area contributed by atoms with E-state index in [1.165, 1.54) is 11.1 Å². The second-order valence-corrected chi connectivity index (χ2v) is 6.50. The molecule has 0 bridgehead atoms. The van der Waals surface area contributed by atoms with Crippen molar-refractivity contribution in [2.24, 2.45) is 5.92 Å². The van der Waals surface area contributed by atoms with Gasteiger partial charge >= 0.3 is 0 Å². The fraction of sp³-hybridized carbons (Fsp3) is 0.182. The maximum Gasteiger partial charge on any atom is 0.134 e. The Morgan fingerprint density at radius 3 is 2.17 bits per heavy atom. The van der Waals surface area contributed by atoms with Crippen LogP contribution >= 0.6 is 0 Å². The molecular formula is C22H18O2. The van der Waals surface area contributed by atoms with E-state index in [0.29, 0.717) is 0 Å². The predicted molar refractivity (Wildman–Crippen MR) is 93.3 cm³/mol. The zero-order valence-corrected chi connectivity index (χ0v) is 13.3. The Morgan fingerprint density at radius 1 is 0.625 bits per heavy atom. The van der Waals surface area contributed by atoms with Gasteiger partial charge in [-0.05, 0) is 29.7 Å². The Morgan fingerprint density at radius 2 is 1.29 bits per heavy atom. The Bertz CT molecular complexity index is 872. The van der Waals surface area contributed by atoms with Crippen molar-refractivity contribution in [3.8, 4) is 11.5 Å². The first-order chi connectivity index (χ1) is 11.9. The standard InChI is InChI=1S/C22H18O2/c1-2-8-15(9-3-1)21-18-14-16-10-4-6-12-19(16)23-22(18)17-11-5-7-13-20(17)24-21/h1-13,18,21-22H,14H2/t18-,21-,22+/m1/s1. The Balaban J connectivity index is 1.65. The second-order valence-electron chi connectivity index (χ2n) is 6.50. The third-order valence-corrected chi connectivity index (χ3v) is 5.07. The van der Waals surface area contributed by atoms with Crippen molar-refractivity contribution < 1.29 is 9.47 Å². The summed E-state index contributed by atoms with van der Waals surface area (Å²) in [5.41, 5.74) is 3.64. The van der Waals surface area contributed by atoms with Crippen LogP contribution in [0.25, 0.3) is 0 Å². The van der Waals surface area contributed by atoms with Crippen LogP contribution in [0.5, 0.6) is 11.5 Å². The molecule has 0 N–H and O–H groups in total. The highest BCUT2D eigenvalue weighted by molar-refractivity contribution is 5.44. The van der Waals surface area contributed by atoms with Gasteiger partial charge in [0.2, 0.25) is 0 Å². The lowest BCUT2D eigenvalue weighted by Crippen LogP contribution is -2.36.